The van der Waals surface area contributed by atoms with Crippen LogP contribution in [0.1, 0.15) is 106 Å². The Morgan fingerprint density at radius 2 is 1.56 bits per heavy atom. The average Bonchev–Trinajstić information content (AvgIpc) is 3.19. The predicted molar refractivity (Wildman–Crippen MR) is 163 cm³/mol. The molecule has 7 nitrogen and oxygen atoms in total. The van der Waals surface area contributed by atoms with Crippen LogP contribution in [0.4, 0.5) is 0 Å². The molecular formula is C36H58O7. The Hall–Kier alpha value is -0.540. The monoisotopic (exact) mass is 602 g/mol. The molecule has 43 heavy (non-hydrogen) atoms. The van der Waals surface area contributed by atoms with Gasteiger partial charge in [-0.15, -0.1) is 0 Å². The van der Waals surface area contributed by atoms with Crippen molar-refractivity contribution in [1.29, 1.82) is 0 Å². The molecule has 5 aliphatic carbocycles. The van der Waals surface area contributed by atoms with Gasteiger partial charge in [-0.2, -0.15) is 0 Å². The van der Waals surface area contributed by atoms with E-state index in [1.165, 1.54) is 32.1 Å². The second-order valence-corrected chi connectivity index (χ2v) is 18.1. The number of hydrogen-bond acceptors (Lipinski definition) is 7. The molecule has 0 radical (unpaired) electrons. The molecule has 2 saturated heterocycles. The number of fused-ring (bicyclic) bond motifs is 4. The summed E-state index contributed by atoms with van der Waals surface area (Å²) < 4.78 is 19.5. The van der Waals surface area contributed by atoms with Gasteiger partial charge in [0.15, 0.2) is 6.29 Å². The summed E-state index contributed by atoms with van der Waals surface area (Å²) in [5, 5.41) is 42.4. The number of aliphatic hydroxyl groups is 4. The molecular weight excluding hydrogens is 544 g/mol. The van der Waals surface area contributed by atoms with Crippen molar-refractivity contribution < 1.29 is 34.6 Å². The summed E-state index contributed by atoms with van der Waals surface area (Å²) in [5.74, 6) is 1.16. The van der Waals surface area contributed by atoms with E-state index < -0.39 is 36.1 Å². The summed E-state index contributed by atoms with van der Waals surface area (Å²) in [6.07, 6.45) is 9.36. The van der Waals surface area contributed by atoms with E-state index in [4.69, 9.17) is 14.2 Å². The lowest BCUT2D eigenvalue weighted by Gasteiger charge is -2.73. The minimum Gasteiger partial charge on any atom is -0.396 e. The van der Waals surface area contributed by atoms with E-state index in [-0.39, 0.29) is 40.5 Å². The summed E-state index contributed by atoms with van der Waals surface area (Å²) in [6.45, 7) is 17.3. The third-order valence-corrected chi connectivity index (χ3v) is 15.8. The van der Waals surface area contributed by atoms with Crippen LogP contribution in [0, 0.1) is 50.2 Å². The van der Waals surface area contributed by atoms with Gasteiger partial charge in [-0.3, -0.25) is 0 Å². The molecule has 2 heterocycles. The van der Waals surface area contributed by atoms with Gasteiger partial charge in [0.1, 0.15) is 18.3 Å². The van der Waals surface area contributed by atoms with E-state index in [2.05, 4.69) is 53.7 Å². The minimum atomic E-state index is -1.34. The van der Waals surface area contributed by atoms with E-state index >= 15 is 0 Å². The van der Waals surface area contributed by atoms with Gasteiger partial charge in [-0.05, 0) is 98.2 Å². The Morgan fingerprint density at radius 1 is 0.837 bits per heavy atom. The van der Waals surface area contributed by atoms with Crippen LogP contribution in [0.2, 0.25) is 0 Å². The molecule has 0 amide bonds. The zero-order valence-corrected chi connectivity index (χ0v) is 27.6. The van der Waals surface area contributed by atoms with Crippen LogP contribution in [0.25, 0.3) is 0 Å². The Labute approximate surface area is 258 Å². The van der Waals surface area contributed by atoms with Crippen molar-refractivity contribution in [2.24, 2.45) is 50.2 Å². The van der Waals surface area contributed by atoms with Gasteiger partial charge < -0.3 is 34.6 Å². The molecule has 1 unspecified atom stereocenters. The van der Waals surface area contributed by atoms with Gasteiger partial charge in [0, 0.05) is 16.7 Å². The zero-order chi connectivity index (χ0) is 31.0. The number of aliphatic hydroxyl groups excluding tert-OH is 4. The van der Waals surface area contributed by atoms with Crippen LogP contribution < -0.4 is 0 Å². The largest absolute Gasteiger partial charge is 0.396 e. The van der Waals surface area contributed by atoms with Crippen molar-refractivity contribution in [3.8, 4) is 0 Å². The fraction of sp³-hybridized carbons (Fsp3) is 0.944. The van der Waals surface area contributed by atoms with Crippen LogP contribution in [0.5, 0.6) is 0 Å². The first-order valence-corrected chi connectivity index (χ1v) is 17.3. The average molecular weight is 603 g/mol. The summed E-state index contributed by atoms with van der Waals surface area (Å²) >= 11 is 0. The first-order valence-electron chi connectivity index (χ1n) is 17.3. The molecule has 244 valence electrons. The maximum atomic E-state index is 11.1. The van der Waals surface area contributed by atoms with E-state index in [0.717, 1.165) is 32.3 Å². The van der Waals surface area contributed by atoms with Gasteiger partial charge in [0.05, 0.1) is 31.0 Å². The molecule has 0 aromatic rings. The second kappa shape index (κ2) is 9.51. The highest BCUT2D eigenvalue weighted by atomic mass is 16.7. The normalized spacial score (nSPS) is 60.4. The van der Waals surface area contributed by atoms with Gasteiger partial charge in [-0.1, -0.05) is 53.7 Å². The highest BCUT2D eigenvalue weighted by Gasteiger charge is 2.77. The lowest BCUT2D eigenvalue weighted by molar-refractivity contribution is -0.328. The molecule has 7 rings (SSSR count). The smallest absolute Gasteiger partial charge is 0.186 e. The quantitative estimate of drug-likeness (QED) is 0.267. The van der Waals surface area contributed by atoms with Crippen molar-refractivity contribution in [2.45, 2.75) is 149 Å². The third-order valence-electron chi connectivity index (χ3n) is 15.8. The molecule has 7 aliphatic rings. The summed E-state index contributed by atoms with van der Waals surface area (Å²) in [7, 11) is 0. The van der Waals surface area contributed by atoms with Crippen LogP contribution in [0.15, 0.2) is 12.2 Å². The van der Waals surface area contributed by atoms with E-state index in [1.807, 2.05) is 0 Å². The standard InChI is InChI=1S/C36H58O7/c1-21-26(38)27(39)28(40)29(42-21)43-25-10-11-31(4)22(32(25,5)19-37)8-12-33(6)23(31)9-13-36-24-18-30(2,3)14-16-35(24,20-41-36)17-15-34(33,36)7/h9,13,21-29,37-40H,8,10-12,14-20H2,1-7H3/t21-,22+,23+,24+,25-,26+,27+,28-,29-,31-,32-,33+,34-,35+,36?/m0/s1. The van der Waals surface area contributed by atoms with Crippen molar-refractivity contribution in [3.05, 3.63) is 12.2 Å². The lowest BCUT2D eigenvalue weighted by atomic mass is 9.32. The SMILES string of the molecule is C[C@@H]1O[C@@H](O[C@H]2CC[C@@]3(C)[C@@H](CC[C@]4(C)[C@@H]3C=CC35OC[C@@]6(CCC(C)(C)C[C@@H]36)CC[C@]54C)[C@]2(C)CO)[C@@H](O)[C@H](O)[C@@H]1O. The Kier molecular flexibility index (Phi) is 6.88. The number of ether oxygens (including phenoxy) is 3. The van der Waals surface area contributed by atoms with Crippen molar-refractivity contribution in [3.63, 3.8) is 0 Å². The third kappa shape index (κ3) is 3.79. The molecule has 4 N–H and O–H groups in total. The highest BCUT2D eigenvalue weighted by molar-refractivity contribution is 5.34. The molecule has 1 spiro atoms. The first kappa shape index (κ1) is 31.1. The number of rotatable bonds is 3. The fourth-order valence-electron chi connectivity index (χ4n) is 12.8. The van der Waals surface area contributed by atoms with E-state index in [0.29, 0.717) is 22.7 Å². The van der Waals surface area contributed by atoms with Crippen LogP contribution in [-0.4, -0.2) is 76.1 Å². The summed E-state index contributed by atoms with van der Waals surface area (Å²) in [5.41, 5.74) is 0.0419. The lowest BCUT2D eigenvalue weighted by Crippen LogP contribution is -2.71. The van der Waals surface area contributed by atoms with Crippen molar-refractivity contribution in [2.75, 3.05) is 13.2 Å². The van der Waals surface area contributed by atoms with Crippen LogP contribution in [-0.2, 0) is 14.2 Å². The van der Waals surface area contributed by atoms with Gasteiger partial charge in [0.2, 0.25) is 0 Å². The topological polar surface area (TPSA) is 109 Å². The van der Waals surface area contributed by atoms with Crippen molar-refractivity contribution in [1.82, 2.24) is 0 Å². The van der Waals surface area contributed by atoms with E-state index in [1.54, 1.807) is 6.92 Å². The zero-order valence-electron chi connectivity index (χ0n) is 27.6. The summed E-state index contributed by atoms with van der Waals surface area (Å²) in [6, 6.07) is 0. The Morgan fingerprint density at radius 3 is 2.28 bits per heavy atom. The van der Waals surface area contributed by atoms with Gasteiger partial charge in [0.25, 0.3) is 0 Å². The molecule has 6 fully saturated rings. The number of allylic oxidation sites excluding steroid dienone is 1. The minimum absolute atomic E-state index is 0.0153. The molecule has 4 saturated carbocycles. The van der Waals surface area contributed by atoms with E-state index in [9.17, 15) is 20.4 Å². The molecule has 7 heteroatoms. The van der Waals surface area contributed by atoms with Gasteiger partial charge >= 0.3 is 0 Å². The molecule has 2 bridgehead atoms. The maximum absolute atomic E-state index is 11.1. The Balaban J connectivity index is 1.21. The van der Waals surface area contributed by atoms with Gasteiger partial charge in [-0.25, -0.2) is 0 Å². The van der Waals surface area contributed by atoms with Crippen LogP contribution >= 0.6 is 0 Å². The molecule has 2 aliphatic heterocycles. The first-order chi connectivity index (χ1) is 20.0. The highest BCUT2D eigenvalue weighted by Crippen LogP contribution is 2.79. The maximum Gasteiger partial charge on any atom is 0.186 e. The van der Waals surface area contributed by atoms with Crippen LogP contribution in [0.3, 0.4) is 0 Å². The Bertz CT molecular complexity index is 1160. The molecule has 15 atom stereocenters. The molecule has 0 aromatic heterocycles. The predicted octanol–water partition coefficient (Wildman–Crippen LogP) is 4.98. The second-order valence-electron chi connectivity index (χ2n) is 18.1. The summed E-state index contributed by atoms with van der Waals surface area (Å²) in [4.78, 5) is 0. The van der Waals surface area contributed by atoms with Crippen molar-refractivity contribution >= 4 is 0 Å². The number of hydrogen-bond donors (Lipinski definition) is 4. The fourth-order valence-corrected chi connectivity index (χ4v) is 12.8. The molecule has 0 aromatic carbocycles.